The molecule has 0 spiro atoms. The van der Waals surface area contributed by atoms with Crippen molar-refractivity contribution in [2.75, 3.05) is 32.2 Å². The quantitative estimate of drug-likeness (QED) is 0.641. The van der Waals surface area contributed by atoms with Gasteiger partial charge in [0.2, 0.25) is 11.8 Å². The van der Waals surface area contributed by atoms with Crippen LogP contribution in [-0.2, 0) is 19.1 Å². The van der Waals surface area contributed by atoms with Crippen molar-refractivity contribution in [1.82, 2.24) is 5.32 Å². The van der Waals surface area contributed by atoms with Gasteiger partial charge in [0.1, 0.15) is 5.82 Å². The van der Waals surface area contributed by atoms with Crippen molar-refractivity contribution in [2.24, 2.45) is 5.92 Å². The van der Waals surface area contributed by atoms with E-state index in [2.05, 4.69) is 5.32 Å². The Labute approximate surface area is 152 Å². The second-order valence-electron chi connectivity index (χ2n) is 6.88. The molecule has 0 aromatic heterocycles. The molecule has 0 unspecified atom stereocenters. The number of methoxy groups -OCH3 is 2. The maximum atomic E-state index is 14.7. The van der Waals surface area contributed by atoms with Gasteiger partial charge >= 0.3 is 0 Å². The van der Waals surface area contributed by atoms with Crippen LogP contribution in [0.25, 0.3) is 0 Å². The van der Waals surface area contributed by atoms with Gasteiger partial charge in [0, 0.05) is 39.6 Å². The Morgan fingerprint density at radius 2 is 1.85 bits per heavy atom. The van der Waals surface area contributed by atoms with Gasteiger partial charge in [-0.05, 0) is 37.0 Å². The topological polar surface area (TPSA) is 67.9 Å². The SMILES string of the molecule is COC(OC)C1CCN(c2ccc([C@@H]3CCC(=O)NC3=O)cc2F)CC1. The molecule has 3 rings (SSSR count). The zero-order chi connectivity index (χ0) is 18.7. The van der Waals surface area contributed by atoms with Crippen LogP contribution in [0.4, 0.5) is 10.1 Å². The van der Waals surface area contributed by atoms with E-state index in [1.807, 2.05) is 4.90 Å². The highest BCUT2D eigenvalue weighted by molar-refractivity contribution is 6.00. The van der Waals surface area contributed by atoms with E-state index in [1.165, 1.54) is 6.07 Å². The number of nitrogens with one attached hydrogen (secondary N) is 1. The van der Waals surface area contributed by atoms with Crippen molar-refractivity contribution >= 4 is 17.5 Å². The van der Waals surface area contributed by atoms with Crippen LogP contribution < -0.4 is 10.2 Å². The molecule has 2 aliphatic rings. The first kappa shape index (κ1) is 18.8. The van der Waals surface area contributed by atoms with Gasteiger partial charge in [0.25, 0.3) is 0 Å². The number of rotatable bonds is 5. The predicted octanol–water partition coefficient (Wildman–Crippen LogP) is 2.18. The fourth-order valence-corrected chi connectivity index (χ4v) is 3.90. The van der Waals surface area contributed by atoms with Crippen LogP contribution in [0, 0.1) is 11.7 Å². The molecule has 0 aliphatic carbocycles. The van der Waals surface area contributed by atoms with Gasteiger partial charge in [-0.15, -0.1) is 0 Å². The molecule has 1 atom stereocenters. The lowest BCUT2D eigenvalue weighted by molar-refractivity contribution is -0.141. The summed E-state index contributed by atoms with van der Waals surface area (Å²) in [7, 11) is 3.27. The maximum absolute atomic E-state index is 14.7. The molecule has 0 saturated carbocycles. The molecule has 1 aromatic rings. The van der Waals surface area contributed by atoms with Crippen molar-refractivity contribution < 1.29 is 23.5 Å². The third-order valence-corrected chi connectivity index (χ3v) is 5.34. The fourth-order valence-electron chi connectivity index (χ4n) is 3.90. The first-order valence-corrected chi connectivity index (χ1v) is 8.97. The number of nitrogens with zero attached hydrogens (tertiary/aromatic N) is 1. The third kappa shape index (κ3) is 3.88. The van der Waals surface area contributed by atoms with Crippen molar-refractivity contribution in [1.29, 1.82) is 0 Å². The Morgan fingerprint density at radius 1 is 1.15 bits per heavy atom. The predicted molar refractivity (Wildman–Crippen MR) is 94.3 cm³/mol. The van der Waals surface area contributed by atoms with E-state index in [4.69, 9.17) is 9.47 Å². The highest BCUT2D eigenvalue weighted by atomic mass is 19.1. The number of carbonyl (C=O) groups excluding carboxylic acids is 2. The molecular formula is C19H25FN2O4. The number of halogens is 1. The van der Waals surface area contributed by atoms with Gasteiger partial charge in [-0.1, -0.05) is 6.07 Å². The second kappa shape index (κ2) is 8.14. The molecule has 1 N–H and O–H groups in total. The van der Waals surface area contributed by atoms with Gasteiger partial charge < -0.3 is 14.4 Å². The second-order valence-corrected chi connectivity index (χ2v) is 6.88. The Hall–Kier alpha value is -1.99. The minimum atomic E-state index is -0.467. The molecule has 2 saturated heterocycles. The number of piperidine rings is 2. The minimum absolute atomic E-state index is 0.225. The van der Waals surface area contributed by atoms with Crippen LogP contribution in [-0.4, -0.2) is 45.4 Å². The zero-order valence-electron chi connectivity index (χ0n) is 15.2. The van der Waals surface area contributed by atoms with Crippen LogP contribution in [0.2, 0.25) is 0 Å². The van der Waals surface area contributed by atoms with Crippen LogP contribution in [0.3, 0.4) is 0 Å². The van der Waals surface area contributed by atoms with Crippen LogP contribution in [0.5, 0.6) is 0 Å². The Balaban J connectivity index is 1.67. The van der Waals surface area contributed by atoms with E-state index < -0.39 is 5.92 Å². The molecule has 6 nitrogen and oxygen atoms in total. The number of amides is 2. The molecule has 1 aromatic carbocycles. The highest BCUT2D eigenvalue weighted by Crippen LogP contribution is 2.32. The molecule has 7 heteroatoms. The van der Waals surface area contributed by atoms with Gasteiger partial charge in [-0.3, -0.25) is 14.9 Å². The lowest BCUT2D eigenvalue weighted by Gasteiger charge is -2.36. The van der Waals surface area contributed by atoms with Gasteiger partial charge in [0.15, 0.2) is 6.29 Å². The van der Waals surface area contributed by atoms with Crippen molar-refractivity contribution in [2.45, 2.75) is 37.9 Å². The van der Waals surface area contributed by atoms with E-state index in [-0.39, 0.29) is 30.3 Å². The molecule has 0 radical (unpaired) electrons. The Morgan fingerprint density at radius 3 is 2.42 bits per heavy atom. The van der Waals surface area contributed by atoms with Gasteiger partial charge in [-0.25, -0.2) is 4.39 Å². The molecule has 0 bridgehead atoms. The summed E-state index contributed by atoms with van der Waals surface area (Å²) in [5.41, 5.74) is 1.16. The molecule has 2 fully saturated rings. The summed E-state index contributed by atoms with van der Waals surface area (Å²) in [6.45, 7) is 1.45. The zero-order valence-corrected chi connectivity index (χ0v) is 15.2. The number of hydrogen-bond acceptors (Lipinski definition) is 5. The number of benzene rings is 1. The van der Waals surface area contributed by atoms with Gasteiger partial charge in [-0.2, -0.15) is 0 Å². The first-order valence-electron chi connectivity index (χ1n) is 8.97. The highest BCUT2D eigenvalue weighted by Gasteiger charge is 2.30. The van der Waals surface area contributed by atoms with E-state index in [9.17, 15) is 14.0 Å². The molecule has 2 aliphatic heterocycles. The summed E-state index contributed by atoms with van der Waals surface area (Å²) >= 11 is 0. The molecule has 26 heavy (non-hydrogen) atoms. The largest absolute Gasteiger partial charge is 0.369 e. The van der Waals surface area contributed by atoms with Crippen molar-refractivity contribution in [3.8, 4) is 0 Å². The number of ether oxygens (including phenoxy) is 2. The summed E-state index contributed by atoms with van der Waals surface area (Å²) in [6, 6.07) is 4.95. The first-order chi connectivity index (χ1) is 12.5. The standard InChI is InChI=1S/C19H25FN2O4/c1-25-19(26-2)12-7-9-22(10-8-12)16-5-3-13(11-15(16)20)14-4-6-17(23)21-18(14)24/h3,5,11-12,14,19H,4,6-10H2,1-2H3,(H,21,23,24)/t14-/m0/s1. The van der Waals surface area contributed by atoms with E-state index in [1.54, 1.807) is 26.4 Å². The summed E-state index contributed by atoms with van der Waals surface area (Å²) < 4.78 is 25.3. The number of imide groups is 1. The summed E-state index contributed by atoms with van der Waals surface area (Å²) in [6.07, 6.45) is 2.20. The normalized spacial score (nSPS) is 22.0. The molecule has 142 valence electrons. The summed E-state index contributed by atoms with van der Waals surface area (Å²) in [4.78, 5) is 25.3. The number of carbonyl (C=O) groups is 2. The van der Waals surface area contributed by atoms with Crippen LogP contribution >= 0.6 is 0 Å². The average Bonchev–Trinajstić information content (AvgIpc) is 2.63. The molecular weight excluding hydrogens is 339 g/mol. The molecule has 2 heterocycles. The fraction of sp³-hybridized carbons (Fsp3) is 0.579. The van der Waals surface area contributed by atoms with Gasteiger partial charge in [0.05, 0.1) is 11.6 Å². The van der Waals surface area contributed by atoms with Crippen LogP contribution in [0.1, 0.15) is 37.2 Å². The number of anilines is 1. The average molecular weight is 364 g/mol. The lowest BCUT2D eigenvalue weighted by atomic mass is 9.90. The number of hydrogen-bond donors (Lipinski definition) is 1. The van der Waals surface area contributed by atoms with E-state index in [0.717, 1.165) is 25.9 Å². The Kier molecular flexibility index (Phi) is 5.88. The summed E-state index contributed by atoms with van der Waals surface area (Å²) in [5, 5.41) is 2.32. The van der Waals surface area contributed by atoms with Crippen LogP contribution in [0.15, 0.2) is 18.2 Å². The molecule has 2 amide bonds. The minimum Gasteiger partial charge on any atom is -0.369 e. The van der Waals surface area contributed by atoms with E-state index >= 15 is 0 Å². The lowest BCUT2D eigenvalue weighted by Crippen LogP contribution is -2.40. The van der Waals surface area contributed by atoms with Crippen molar-refractivity contribution in [3.05, 3.63) is 29.6 Å². The van der Waals surface area contributed by atoms with Crippen molar-refractivity contribution in [3.63, 3.8) is 0 Å². The smallest absolute Gasteiger partial charge is 0.234 e. The maximum Gasteiger partial charge on any atom is 0.234 e. The van der Waals surface area contributed by atoms with E-state index in [0.29, 0.717) is 23.6 Å². The summed E-state index contributed by atoms with van der Waals surface area (Å²) in [5.74, 6) is -1.12. The third-order valence-electron chi connectivity index (χ3n) is 5.34. The monoisotopic (exact) mass is 364 g/mol. The Bertz CT molecular complexity index is 670.